The molecule has 0 aromatic heterocycles. The van der Waals surface area contributed by atoms with Crippen LogP contribution in [0, 0.1) is 0 Å². The van der Waals surface area contributed by atoms with E-state index in [0.29, 0.717) is 18.4 Å². The number of rotatable bonds is 6. The van der Waals surface area contributed by atoms with Gasteiger partial charge >= 0.3 is 5.97 Å². The molecule has 23 heavy (non-hydrogen) atoms. The normalized spacial score (nSPS) is 16.7. The zero-order valence-electron chi connectivity index (χ0n) is 13.1. The zero-order chi connectivity index (χ0) is 17.3. The Morgan fingerprint density at radius 1 is 1.22 bits per heavy atom. The quantitative estimate of drug-likeness (QED) is 0.806. The molecule has 0 spiro atoms. The summed E-state index contributed by atoms with van der Waals surface area (Å²) in [5.74, 6) is -1.34. The summed E-state index contributed by atoms with van der Waals surface area (Å²) in [6, 6.07) is 5.60. The average molecular weight is 340 g/mol. The van der Waals surface area contributed by atoms with Crippen molar-refractivity contribution in [2.75, 3.05) is 14.1 Å². The van der Waals surface area contributed by atoms with Crippen molar-refractivity contribution in [2.45, 2.75) is 36.1 Å². The van der Waals surface area contributed by atoms with Gasteiger partial charge in [-0.05, 0) is 43.5 Å². The standard InChI is InChI=1S/C15H20N2O5S/c1-17(2)23(21,22)12-6-4-11(5-7-12)14(20)16-15(8-3-9-15)10-13(18)19/h4-7H,3,8-10H2,1-2H3,(H,16,20)(H,18,19). The van der Waals surface area contributed by atoms with E-state index in [2.05, 4.69) is 5.32 Å². The van der Waals surface area contributed by atoms with Gasteiger partial charge in [0.15, 0.2) is 0 Å². The average Bonchev–Trinajstić information content (AvgIpc) is 2.44. The molecule has 1 aliphatic rings. The third kappa shape index (κ3) is 3.70. The maximum Gasteiger partial charge on any atom is 0.305 e. The minimum Gasteiger partial charge on any atom is -0.481 e. The number of hydrogen-bond acceptors (Lipinski definition) is 4. The lowest BCUT2D eigenvalue weighted by molar-refractivity contribution is -0.139. The summed E-state index contributed by atoms with van der Waals surface area (Å²) >= 11 is 0. The Balaban J connectivity index is 2.13. The smallest absolute Gasteiger partial charge is 0.305 e. The number of amides is 1. The Hall–Kier alpha value is -1.93. The van der Waals surface area contributed by atoms with Crippen LogP contribution in [-0.4, -0.2) is 49.3 Å². The molecule has 0 aliphatic heterocycles. The summed E-state index contributed by atoms with van der Waals surface area (Å²) in [5.41, 5.74) is -0.378. The van der Waals surface area contributed by atoms with Crippen LogP contribution < -0.4 is 5.32 Å². The van der Waals surface area contributed by atoms with Crippen LogP contribution >= 0.6 is 0 Å². The minimum atomic E-state index is -3.54. The summed E-state index contributed by atoms with van der Waals surface area (Å²) in [6.07, 6.45) is 2.05. The van der Waals surface area contributed by atoms with Crippen LogP contribution in [0.25, 0.3) is 0 Å². The van der Waals surface area contributed by atoms with E-state index >= 15 is 0 Å². The van der Waals surface area contributed by atoms with Gasteiger partial charge in [-0.15, -0.1) is 0 Å². The van der Waals surface area contributed by atoms with Crippen LogP contribution in [0.3, 0.4) is 0 Å². The van der Waals surface area contributed by atoms with E-state index < -0.39 is 21.5 Å². The number of carboxylic acids is 1. The maximum atomic E-state index is 12.3. The molecule has 0 radical (unpaired) electrons. The highest BCUT2D eigenvalue weighted by molar-refractivity contribution is 7.89. The van der Waals surface area contributed by atoms with Gasteiger partial charge in [0.05, 0.1) is 16.9 Å². The van der Waals surface area contributed by atoms with Crippen molar-refractivity contribution in [1.29, 1.82) is 0 Å². The molecule has 0 unspecified atom stereocenters. The molecule has 7 nitrogen and oxygen atoms in total. The second kappa shape index (κ2) is 6.29. The molecule has 1 aromatic carbocycles. The van der Waals surface area contributed by atoms with Crippen molar-refractivity contribution in [2.24, 2.45) is 0 Å². The van der Waals surface area contributed by atoms with Gasteiger partial charge in [-0.25, -0.2) is 12.7 Å². The maximum absolute atomic E-state index is 12.3. The van der Waals surface area contributed by atoms with Crippen molar-refractivity contribution in [3.05, 3.63) is 29.8 Å². The number of carbonyl (C=O) groups is 2. The van der Waals surface area contributed by atoms with Gasteiger partial charge in [0.25, 0.3) is 5.91 Å². The van der Waals surface area contributed by atoms with Crippen molar-refractivity contribution < 1.29 is 23.1 Å². The van der Waals surface area contributed by atoms with E-state index in [0.717, 1.165) is 10.7 Å². The fourth-order valence-electron chi connectivity index (χ4n) is 2.54. The van der Waals surface area contributed by atoms with Crippen LogP contribution in [0.15, 0.2) is 29.2 Å². The van der Waals surface area contributed by atoms with Crippen LogP contribution in [0.5, 0.6) is 0 Å². The monoisotopic (exact) mass is 340 g/mol. The Kier molecular flexibility index (Phi) is 4.76. The van der Waals surface area contributed by atoms with Crippen molar-refractivity contribution in [1.82, 2.24) is 9.62 Å². The summed E-state index contributed by atoms with van der Waals surface area (Å²) in [6.45, 7) is 0. The molecular formula is C15H20N2O5S. The molecular weight excluding hydrogens is 320 g/mol. The van der Waals surface area contributed by atoms with Gasteiger partial charge in [0.1, 0.15) is 0 Å². The van der Waals surface area contributed by atoms with Gasteiger partial charge in [0.2, 0.25) is 10.0 Å². The molecule has 2 N–H and O–H groups in total. The Labute approximate surface area is 135 Å². The third-order valence-electron chi connectivity index (χ3n) is 4.07. The van der Waals surface area contributed by atoms with Crippen LogP contribution in [0.2, 0.25) is 0 Å². The molecule has 1 fully saturated rings. The number of carboxylic acid groups (broad SMARTS) is 1. The topological polar surface area (TPSA) is 104 Å². The molecule has 0 saturated heterocycles. The molecule has 0 atom stereocenters. The Morgan fingerprint density at radius 3 is 2.17 bits per heavy atom. The van der Waals surface area contributed by atoms with E-state index in [1.54, 1.807) is 0 Å². The highest BCUT2D eigenvalue weighted by Gasteiger charge is 2.40. The fourth-order valence-corrected chi connectivity index (χ4v) is 3.44. The van der Waals surface area contributed by atoms with E-state index in [-0.39, 0.29) is 17.2 Å². The molecule has 0 heterocycles. The van der Waals surface area contributed by atoms with Gasteiger partial charge < -0.3 is 10.4 Å². The second-order valence-corrected chi connectivity index (χ2v) is 8.12. The second-order valence-electron chi connectivity index (χ2n) is 5.97. The molecule has 2 rings (SSSR count). The van der Waals surface area contributed by atoms with Gasteiger partial charge in [-0.2, -0.15) is 0 Å². The SMILES string of the molecule is CN(C)S(=O)(=O)c1ccc(C(=O)NC2(CC(=O)O)CCC2)cc1. The first kappa shape index (κ1) is 17.4. The summed E-state index contributed by atoms with van der Waals surface area (Å²) in [5, 5.41) is 11.7. The summed E-state index contributed by atoms with van der Waals surface area (Å²) < 4.78 is 25.1. The molecule has 1 amide bonds. The molecule has 8 heteroatoms. The first-order valence-corrected chi connectivity index (χ1v) is 8.67. The Morgan fingerprint density at radius 2 is 1.78 bits per heavy atom. The highest BCUT2D eigenvalue weighted by atomic mass is 32.2. The van der Waals surface area contributed by atoms with E-state index in [9.17, 15) is 18.0 Å². The largest absolute Gasteiger partial charge is 0.481 e. The van der Waals surface area contributed by atoms with Gasteiger partial charge in [-0.1, -0.05) is 0 Å². The molecule has 1 aliphatic carbocycles. The lowest BCUT2D eigenvalue weighted by Crippen LogP contribution is -2.54. The number of benzene rings is 1. The third-order valence-corrected chi connectivity index (χ3v) is 5.90. The number of carbonyl (C=O) groups excluding carboxylic acids is 1. The van der Waals surface area contributed by atoms with Crippen LogP contribution in [0.4, 0.5) is 0 Å². The van der Waals surface area contributed by atoms with Crippen LogP contribution in [0.1, 0.15) is 36.0 Å². The lowest BCUT2D eigenvalue weighted by Gasteiger charge is -2.41. The van der Waals surface area contributed by atoms with Crippen molar-refractivity contribution in [3.8, 4) is 0 Å². The van der Waals surface area contributed by atoms with Gasteiger partial charge in [0, 0.05) is 19.7 Å². The molecule has 126 valence electrons. The predicted molar refractivity (Wildman–Crippen MR) is 83.6 cm³/mol. The predicted octanol–water partition coefficient (Wildman–Crippen LogP) is 1.06. The van der Waals surface area contributed by atoms with Crippen molar-refractivity contribution in [3.63, 3.8) is 0 Å². The molecule has 0 bridgehead atoms. The molecule has 1 aromatic rings. The fraction of sp³-hybridized carbons (Fsp3) is 0.467. The minimum absolute atomic E-state index is 0.0999. The number of nitrogens with one attached hydrogen (secondary N) is 1. The van der Waals surface area contributed by atoms with E-state index in [4.69, 9.17) is 5.11 Å². The number of hydrogen-bond donors (Lipinski definition) is 2. The van der Waals surface area contributed by atoms with E-state index in [1.807, 2.05) is 0 Å². The first-order valence-electron chi connectivity index (χ1n) is 7.23. The zero-order valence-corrected chi connectivity index (χ0v) is 13.9. The van der Waals surface area contributed by atoms with Crippen LogP contribution in [-0.2, 0) is 14.8 Å². The summed E-state index contributed by atoms with van der Waals surface area (Å²) in [7, 11) is -0.674. The number of aliphatic carboxylic acids is 1. The Bertz CT molecular complexity index is 706. The number of sulfonamides is 1. The number of nitrogens with zero attached hydrogens (tertiary/aromatic N) is 1. The van der Waals surface area contributed by atoms with Crippen molar-refractivity contribution >= 4 is 21.9 Å². The summed E-state index contributed by atoms with van der Waals surface area (Å²) in [4.78, 5) is 23.3. The lowest BCUT2D eigenvalue weighted by atomic mass is 9.74. The van der Waals surface area contributed by atoms with Gasteiger partial charge in [-0.3, -0.25) is 9.59 Å². The molecule has 1 saturated carbocycles. The first-order chi connectivity index (χ1) is 10.7. The highest BCUT2D eigenvalue weighted by Crippen LogP contribution is 2.35. The van der Waals surface area contributed by atoms with E-state index in [1.165, 1.54) is 38.4 Å².